The molecule has 23 heavy (non-hydrogen) atoms. The maximum absolute atomic E-state index is 12.0. The molecule has 0 fully saturated rings. The van der Waals surface area contributed by atoms with Crippen molar-refractivity contribution in [1.82, 2.24) is 0 Å². The number of halogens is 4. The Morgan fingerprint density at radius 1 is 0.913 bits per heavy atom. The molecule has 0 spiro atoms. The molecule has 0 amide bonds. The SMILES string of the molecule is O=C1OC(c2ccc(Cl)cc2)=C/C1=C/c1cc(Cl)cc(Cl)c1Cl. The van der Waals surface area contributed by atoms with Crippen molar-refractivity contribution in [3.63, 3.8) is 0 Å². The van der Waals surface area contributed by atoms with E-state index in [1.165, 1.54) is 6.07 Å². The summed E-state index contributed by atoms with van der Waals surface area (Å²) in [5, 5.41) is 1.68. The lowest BCUT2D eigenvalue weighted by Gasteiger charge is -2.03. The van der Waals surface area contributed by atoms with Crippen LogP contribution in [0, 0.1) is 0 Å². The van der Waals surface area contributed by atoms with Crippen LogP contribution in [0.4, 0.5) is 0 Å². The summed E-state index contributed by atoms with van der Waals surface area (Å²) in [6.07, 6.45) is 3.22. The van der Waals surface area contributed by atoms with E-state index >= 15 is 0 Å². The van der Waals surface area contributed by atoms with Crippen molar-refractivity contribution < 1.29 is 9.53 Å². The Balaban J connectivity index is 2.00. The number of cyclic esters (lactones) is 1. The van der Waals surface area contributed by atoms with E-state index in [0.717, 1.165) is 5.56 Å². The number of hydrogen-bond donors (Lipinski definition) is 0. The molecule has 0 saturated carbocycles. The number of esters is 1. The summed E-state index contributed by atoms with van der Waals surface area (Å²) in [4.78, 5) is 12.0. The zero-order chi connectivity index (χ0) is 16.6. The first kappa shape index (κ1) is 16.4. The van der Waals surface area contributed by atoms with E-state index in [1.807, 2.05) is 0 Å². The third-order valence-corrected chi connectivity index (χ3v) is 4.47. The van der Waals surface area contributed by atoms with Crippen LogP contribution in [0.3, 0.4) is 0 Å². The van der Waals surface area contributed by atoms with Gasteiger partial charge in [-0.15, -0.1) is 0 Å². The molecule has 0 bridgehead atoms. The third kappa shape index (κ3) is 3.56. The van der Waals surface area contributed by atoms with Gasteiger partial charge < -0.3 is 4.74 Å². The normalized spacial score (nSPS) is 15.7. The average Bonchev–Trinajstić information content (AvgIpc) is 2.86. The summed E-state index contributed by atoms with van der Waals surface area (Å²) in [5.41, 5.74) is 1.65. The van der Waals surface area contributed by atoms with E-state index in [-0.39, 0.29) is 0 Å². The Hall–Kier alpha value is -1.45. The molecule has 1 heterocycles. The van der Waals surface area contributed by atoms with Gasteiger partial charge in [-0.1, -0.05) is 46.4 Å². The number of carbonyl (C=O) groups excluding carboxylic acids is 1. The fourth-order valence-corrected chi connectivity index (χ4v) is 2.89. The van der Waals surface area contributed by atoms with Gasteiger partial charge in [-0.2, -0.15) is 0 Å². The molecular weight excluding hydrogens is 378 g/mol. The largest absolute Gasteiger partial charge is 0.422 e. The van der Waals surface area contributed by atoms with Crippen LogP contribution in [-0.2, 0) is 9.53 Å². The molecule has 0 N–H and O–H groups in total. The highest BCUT2D eigenvalue weighted by atomic mass is 35.5. The lowest BCUT2D eigenvalue weighted by Crippen LogP contribution is -1.97. The summed E-state index contributed by atoms with van der Waals surface area (Å²) >= 11 is 23.9. The van der Waals surface area contributed by atoms with Gasteiger partial charge in [0.2, 0.25) is 0 Å². The van der Waals surface area contributed by atoms with Gasteiger partial charge in [0.1, 0.15) is 5.76 Å². The van der Waals surface area contributed by atoms with Crippen molar-refractivity contribution in [3.8, 4) is 0 Å². The van der Waals surface area contributed by atoms with Crippen LogP contribution >= 0.6 is 46.4 Å². The van der Waals surface area contributed by atoms with E-state index in [9.17, 15) is 4.79 Å². The zero-order valence-corrected chi connectivity index (χ0v) is 14.5. The van der Waals surface area contributed by atoms with Crippen LogP contribution in [0.25, 0.3) is 11.8 Å². The average molecular weight is 386 g/mol. The Morgan fingerprint density at radius 2 is 1.61 bits per heavy atom. The summed E-state index contributed by atoms with van der Waals surface area (Å²) in [7, 11) is 0. The fourth-order valence-electron chi connectivity index (χ4n) is 2.09. The smallest absolute Gasteiger partial charge is 0.343 e. The zero-order valence-electron chi connectivity index (χ0n) is 11.4. The topological polar surface area (TPSA) is 26.3 Å². The molecule has 2 aromatic rings. The van der Waals surface area contributed by atoms with Crippen LogP contribution in [0.15, 0.2) is 48.0 Å². The summed E-state index contributed by atoms with van der Waals surface area (Å²) in [5.74, 6) is -0.0238. The van der Waals surface area contributed by atoms with Crippen LogP contribution in [0.5, 0.6) is 0 Å². The molecule has 1 aliphatic heterocycles. The molecular formula is C17H8Cl4O2. The van der Waals surface area contributed by atoms with Crippen molar-refractivity contribution >= 4 is 64.2 Å². The van der Waals surface area contributed by atoms with Crippen molar-refractivity contribution in [2.45, 2.75) is 0 Å². The fraction of sp³-hybridized carbons (Fsp3) is 0. The minimum Gasteiger partial charge on any atom is -0.422 e. The highest BCUT2D eigenvalue weighted by Crippen LogP contribution is 2.33. The summed E-state index contributed by atoms with van der Waals surface area (Å²) in [6, 6.07) is 10.2. The monoisotopic (exact) mass is 384 g/mol. The first-order chi connectivity index (χ1) is 10.9. The second-order valence-electron chi connectivity index (χ2n) is 4.80. The third-order valence-electron chi connectivity index (χ3n) is 3.19. The van der Waals surface area contributed by atoms with Gasteiger partial charge >= 0.3 is 5.97 Å². The van der Waals surface area contributed by atoms with Crippen LogP contribution in [0.2, 0.25) is 20.1 Å². The predicted molar refractivity (Wildman–Crippen MR) is 95.0 cm³/mol. The number of rotatable bonds is 2. The van der Waals surface area contributed by atoms with Gasteiger partial charge in [-0.25, -0.2) is 4.79 Å². The number of benzene rings is 2. The summed E-state index contributed by atoms with van der Waals surface area (Å²) in [6.45, 7) is 0. The van der Waals surface area contributed by atoms with Crippen molar-refractivity contribution in [1.29, 1.82) is 0 Å². The number of ether oxygens (including phenoxy) is 1. The lowest BCUT2D eigenvalue weighted by atomic mass is 10.1. The molecule has 6 heteroatoms. The highest BCUT2D eigenvalue weighted by Gasteiger charge is 2.22. The van der Waals surface area contributed by atoms with Gasteiger partial charge in [0, 0.05) is 15.6 Å². The van der Waals surface area contributed by atoms with E-state index in [4.69, 9.17) is 51.1 Å². The molecule has 0 aliphatic carbocycles. The standard InChI is InChI=1S/C17H8Cl4O2/c18-12-3-1-9(2-4-12)15-7-11(17(22)23-15)5-10-6-13(19)8-14(20)16(10)21/h1-8H/b11-5-. The lowest BCUT2D eigenvalue weighted by molar-refractivity contribution is -0.130. The van der Waals surface area contributed by atoms with Crippen LogP contribution in [-0.4, -0.2) is 5.97 Å². The van der Waals surface area contributed by atoms with E-state index in [0.29, 0.717) is 37.0 Å². The predicted octanol–water partition coefficient (Wildman–Crippen LogP) is 6.28. The maximum atomic E-state index is 12.0. The summed E-state index contributed by atoms with van der Waals surface area (Å²) < 4.78 is 5.27. The van der Waals surface area contributed by atoms with Gasteiger partial charge in [0.05, 0.1) is 15.6 Å². The Morgan fingerprint density at radius 3 is 2.30 bits per heavy atom. The molecule has 3 rings (SSSR count). The van der Waals surface area contributed by atoms with Gasteiger partial charge in [0.25, 0.3) is 0 Å². The Labute approximate surface area is 152 Å². The quantitative estimate of drug-likeness (QED) is 0.345. The molecule has 1 aliphatic rings. The van der Waals surface area contributed by atoms with Crippen molar-refractivity contribution in [3.05, 3.63) is 79.3 Å². The molecule has 0 saturated heterocycles. The second-order valence-corrected chi connectivity index (χ2v) is 6.45. The number of carbonyl (C=O) groups is 1. The van der Waals surface area contributed by atoms with Crippen LogP contribution < -0.4 is 0 Å². The van der Waals surface area contributed by atoms with Gasteiger partial charge in [-0.05, 0) is 54.1 Å². The first-order valence-electron chi connectivity index (χ1n) is 6.50. The molecule has 0 aromatic heterocycles. The molecule has 2 aromatic carbocycles. The maximum Gasteiger partial charge on any atom is 0.343 e. The van der Waals surface area contributed by atoms with Gasteiger partial charge in [0.15, 0.2) is 0 Å². The molecule has 2 nitrogen and oxygen atoms in total. The van der Waals surface area contributed by atoms with Crippen molar-refractivity contribution in [2.75, 3.05) is 0 Å². The minimum atomic E-state index is -0.470. The van der Waals surface area contributed by atoms with Crippen LogP contribution in [0.1, 0.15) is 11.1 Å². The first-order valence-corrected chi connectivity index (χ1v) is 8.01. The second kappa shape index (κ2) is 6.58. The van der Waals surface area contributed by atoms with E-state index in [1.54, 1.807) is 42.5 Å². The van der Waals surface area contributed by atoms with Gasteiger partial charge in [-0.3, -0.25) is 0 Å². The van der Waals surface area contributed by atoms with Crippen molar-refractivity contribution in [2.24, 2.45) is 0 Å². The van der Waals surface area contributed by atoms with E-state index in [2.05, 4.69) is 0 Å². The Kier molecular flexibility index (Phi) is 4.69. The highest BCUT2D eigenvalue weighted by molar-refractivity contribution is 6.44. The minimum absolute atomic E-state index is 0.319. The molecule has 116 valence electrons. The Bertz CT molecular complexity index is 852. The molecule has 0 radical (unpaired) electrons. The molecule has 0 atom stereocenters. The molecule has 0 unspecified atom stereocenters. The number of hydrogen-bond acceptors (Lipinski definition) is 2. The van der Waals surface area contributed by atoms with E-state index < -0.39 is 5.97 Å².